The van der Waals surface area contributed by atoms with Crippen LogP contribution in [0, 0.1) is 16.0 Å². The zero-order chi connectivity index (χ0) is 12.1. The quantitative estimate of drug-likeness (QED) is 0.617. The van der Waals surface area contributed by atoms with Gasteiger partial charge in [-0.25, -0.2) is 0 Å². The second-order valence-corrected chi connectivity index (χ2v) is 3.92. The van der Waals surface area contributed by atoms with Crippen molar-refractivity contribution in [1.82, 2.24) is 0 Å². The predicted molar refractivity (Wildman–Crippen MR) is 63.0 cm³/mol. The fourth-order valence-corrected chi connectivity index (χ4v) is 1.25. The monoisotopic (exact) mass is 224 g/mol. The molecule has 0 atom stereocenters. The Morgan fingerprint density at radius 1 is 1.50 bits per heavy atom. The summed E-state index contributed by atoms with van der Waals surface area (Å²) in [5.41, 5.74) is 0.814. The summed E-state index contributed by atoms with van der Waals surface area (Å²) >= 11 is 0. The number of non-ortho nitro benzene ring substituents is 1. The number of nitrogens with zero attached hydrogens (tertiary/aromatic N) is 1. The van der Waals surface area contributed by atoms with E-state index < -0.39 is 4.92 Å². The summed E-state index contributed by atoms with van der Waals surface area (Å²) in [5, 5.41) is 13.8. The van der Waals surface area contributed by atoms with Crippen molar-refractivity contribution in [3.05, 3.63) is 28.3 Å². The van der Waals surface area contributed by atoms with Crippen molar-refractivity contribution in [2.24, 2.45) is 5.92 Å². The van der Waals surface area contributed by atoms with E-state index in [0.717, 1.165) is 12.2 Å². The van der Waals surface area contributed by atoms with Crippen LogP contribution in [0.4, 0.5) is 11.4 Å². The maximum atomic E-state index is 10.6. The van der Waals surface area contributed by atoms with E-state index in [9.17, 15) is 10.1 Å². The molecule has 0 fully saturated rings. The Kier molecular flexibility index (Phi) is 4.10. The normalized spacial score (nSPS) is 10.2. The highest BCUT2D eigenvalue weighted by Gasteiger charge is 2.11. The number of hydrogen-bond acceptors (Lipinski definition) is 4. The zero-order valence-electron chi connectivity index (χ0n) is 9.69. The molecule has 0 unspecified atom stereocenters. The molecule has 1 aromatic carbocycles. The summed E-state index contributed by atoms with van der Waals surface area (Å²) in [6.07, 6.45) is 0. The number of nitro benzene ring substituents is 1. The van der Waals surface area contributed by atoms with Crippen molar-refractivity contribution >= 4 is 11.4 Å². The summed E-state index contributed by atoms with van der Waals surface area (Å²) in [5.74, 6) is 0.995. The summed E-state index contributed by atoms with van der Waals surface area (Å²) in [4.78, 5) is 10.1. The highest BCUT2D eigenvalue weighted by Crippen LogP contribution is 2.28. The van der Waals surface area contributed by atoms with E-state index >= 15 is 0 Å². The van der Waals surface area contributed by atoms with Crippen LogP contribution in [0.5, 0.6) is 5.75 Å². The fraction of sp³-hybridized carbons (Fsp3) is 0.455. The molecule has 0 radical (unpaired) electrons. The van der Waals surface area contributed by atoms with Gasteiger partial charge in [-0.2, -0.15) is 0 Å². The number of benzene rings is 1. The zero-order valence-corrected chi connectivity index (χ0v) is 9.69. The van der Waals surface area contributed by atoms with Gasteiger partial charge in [0, 0.05) is 12.6 Å². The fourth-order valence-electron chi connectivity index (χ4n) is 1.25. The van der Waals surface area contributed by atoms with Crippen molar-refractivity contribution in [3.63, 3.8) is 0 Å². The van der Waals surface area contributed by atoms with E-state index in [-0.39, 0.29) is 5.69 Å². The van der Waals surface area contributed by atoms with Crippen LogP contribution in [0.15, 0.2) is 18.2 Å². The maximum absolute atomic E-state index is 10.6. The Morgan fingerprint density at radius 2 is 2.19 bits per heavy atom. The number of anilines is 1. The van der Waals surface area contributed by atoms with Crippen LogP contribution < -0.4 is 10.1 Å². The van der Waals surface area contributed by atoms with Crippen molar-refractivity contribution in [3.8, 4) is 5.75 Å². The van der Waals surface area contributed by atoms with Crippen LogP contribution in [0.25, 0.3) is 0 Å². The Morgan fingerprint density at radius 3 is 2.69 bits per heavy atom. The second kappa shape index (κ2) is 5.34. The van der Waals surface area contributed by atoms with Crippen molar-refractivity contribution < 1.29 is 9.66 Å². The Hall–Kier alpha value is -1.78. The standard InChI is InChI=1S/C11H16N2O3/c1-8(2)7-12-10-5-4-9(13(14)15)6-11(10)16-3/h4-6,8,12H,7H2,1-3H3. The van der Waals surface area contributed by atoms with Crippen LogP contribution in [-0.4, -0.2) is 18.6 Å². The van der Waals surface area contributed by atoms with Crippen molar-refractivity contribution in [2.45, 2.75) is 13.8 Å². The van der Waals surface area contributed by atoms with Crippen LogP contribution in [-0.2, 0) is 0 Å². The molecule has 0 saturated carbocycles. The highest BCUT2D eigenvalue weighted by molar-refractivity contribution is 5.60. The van der Waals surface area contributed by atoms with E-state index in [4.69, 9.17) is 4.74 Å². The first kappa shape index (κ1) is 12.3. The summed E-state index contributed by atoms with van der Waals surface area (Å²) in [7, 11) is 1.50. The lowest BCUT2D eigenvalue weighted by Crippen LogP contribution is -2.08. The molecule has 0 aromatic heterocycles. The third-order valence-electron chi connectivity index (χ3n) is 2.10. The minimum atomic E-state index is -0.436. The van der Waals surface area contributed by atoms with Gasteiger partial charge in [0.15, 0.2) is 0 Å². The summed E-state index contributed by atoms with van der Waals surface area (Å²) in [6, 6.07) is 4.55. The lowest BCUT2D eigenvalue weighted by atomic mass is 10.2. The van der Waals surface area contributed by atoms with Gasteiger partial charge in [0.1, 0.15) is 5.75 Å². The van der Waals surface area contributed by atoms with Gasteiger partial charge in [0.2, 0.25) is 0 Å². The Labute approximate surface area is 94.6 Å². The molecule has 1 rings (SSSR count). The molecule has 0 bridgehead atoms. The molecular weight excluding hydrogens is 208 g/mol. The number of nitro groups is 1. The molecular formula is C11H16N2O3. The molecule has 0 amide bonds. The Balaban J connectivity index is 2.89. The molecule has 0 aliphatic heterocycles. The SMILES string of the molecule is COc1cc([N+](=O)[O-])ccc1NCC(C)C. The Bertz CT molecular complexity index is 377. The first-order chi connectivity index (χ1) is 7.54. The summed E-state index contributed by atoms with van der Waals surface area (Å²) < 4.78 is 5.10. The molecule has 88 valence electrons. The van der Waals surface area contributed by atoms with Gasteiger partial charge in [-0.3, -0.25) is 10.1 Å². The van der Waals surface area contributed by atoms with E-state index in [1.54, 1.807) is 6.07 Å². The van der Waals surface area contributed by atoms with Crippen molar-refractivity contribution in [1.29, 1.82) is 0 Å². The van der Waals surface area contributed by atoms with Crippen LogP contribution in [0.2, 0.25) is 0 Å². The molecule has 0 spiro atoms. The van der Waals surface area contributed by atoms with Gasteiger partial charge < -0.3 is 10.1 Å². The lowest BCUT2D eigenvalue weighted by molar-refractivity contribution is -0.384. The van der Waals surface area contributed by atoms with Crippen LogP contribution in [0.1, 0.15) is 13.8 Å². The summed E-state index contributed by atoms with van der Waals surface area (Å²) in [6.45, 7) is 4.98. The molecule has 0 heterocycles. The number of hydrogen-bond donors (Lipinski definition) is 1. The topological polar surface area (TPSA) is 64.4 Å². The molecule has 1 N–H and O–H groups in total. The number of rotatable bonds is 5. The molecule has 5 nitrogen and oxygen atoms in total. The maximum Gasteiger partial charge on any atom is 0.273 e. The molecule has 0 aliphatic carbocycles. The first-order valence-electron chi connectivity index (χ1n) is 5.11. The van der Waals surface area contributed by atoms with Gasteiger partial charge in [-0.1, -0.05) is 13.8 Å². The minimum Gasteiger partial charge on any atom is -0.494 e. The first-order valence-corrected chi connectivity index (χ1v) is 5.11. The minimum absolute atomic E-state index is 0.0342. The third-order valence-corrected chi connectivity index (χ3v) is 2.10. The second-order valence-electron chi connectivity index (χ2n) is 3.92. The van der Waals surface area contributed by atoms with Crippen LogP contribution in [0.3, 0.4) is 0 Å². The van der Waals surface area contributed by atoms with E-state index in [1.165, 1.54) is 19.2 Å². The third kappa shape index (κ3) is 3.12. The molecule has 0 saturated heterocycles. The van der Waals surface area contributed by atoms with Crippen LogP contribution >= 0.6 is 0 Å². The molecule has 1 aromatic rings. The average molecular weight is 224 g/mol. The lowest BCUT2D eigenvalue weighted by Gasteiger charge is -2.12. The largest absolute Gasteiger partial charge is 0.494 e. The van der Waals surface area contributed by atoms with E-state index in [1.807, 2.05) is 0 Å². The van der Waals surface area contributed by atoms with Gasteiger partial charge in [-0.15, -0.1) is 0 Å². The average Bonchev–Trinajstić information content (AvgIpc) is 2.25. The highest BCUT2D eigenvalue weighted by atomic mass is 16.6. The molecule has 0 aliphatic rings. The van der Waals surface area contributed by atoms with Gasteiger partial charge >= 0.3 is 0 Å². The van der Waals surface area contributed by atoms with E-state index in [2.05, 4.69) is 19.2 Å². The van der Waals surface area contributed by atoms with Gasteiger partial charge in [0.05, 0.1) is 23.8 Å². The smallest absolute Gasteiger partial charge is 0.273 e. The number of ether oxygens (including phenoxy) is 1. The molecule has 5 heteroatoms. The van der Waals surface area contributed by atoms with Gasteiger partial charge in [0.25, 0.3) is 5.69 Å². The van der Waals surface area contributed by atoms with Gasteiger partial charge in [-0.05, 0) is 12.0 Å². The number of methoxy groups -OCH3 is 1. The molecule has 16 heavy (non-hydrogen) atoms. The predicted octanol–water partition coefficient (Wildman–Crippen LogP) is 2.67. The number of nitrogens with one attached hydrogen (secondary N) is 1. The van der Waals surface area contributed by atoms with Crippen molar-refractivity contribution in [2.75, 3.05) is 19.0 Å². The van der Waals surface area contributed by atoms with E-state index in [0.29, 0.717) is 11.7 Å².